The van der Waals surface area contributed by atoms with Crippen LogP contribution in [0, 0.1) is 5.92 Å². The van der Waals surface area contributed by atoms with Crippen LogP contribution in [0.15, 0.2) is 47.8 Å². The van der Waals surface area contributed by atoms with Crippen LogP contribution in [0.5, 0.6) is 0 Å². The molecule has 1 amide bonds. The van der Waals surface area contributed by atoms with Crippen LogP contribution in [0.25, 0.3) is 10.9 Å². The van der Waals surface area contributed by atoms with Gasteiger partial charge in [-0.2, -0.15) is 5.10 Å². The van der Waals surface area contributed by atoms with Gasteiger partial charge in [-0.25, -0.2) is 0 Å². The molecule has 2 atom stereocenters. The Morgan fingerprint density at radius 3 is 2.97 bits per heavy atom. The highest BCUT2D eigenvalue weighted by Gasteiger charge is 2.28. The van der Waals surface area contributed by atoms with E-state index in [1.165, 1.54) is 10.9 Å². The number of aliphatic imine (C=N–C) groups is 1. The normalized spacial score (nSPS) is 20.1. The van der Waals surface area contributed by atoms with Gasteiger partial charge in [0, 0.05) is 56.7 Å². The van der Waals surface area contributed by atoms with Gasteiger partial charge in [-0.1, -0.05) is 25.1 Å². The van der Waals surface area contributed by atoms with Gasteiger partial charge in [0.05, 0.1) is 23.9 Å². The van der Waals surface area contributed by atoms with Crippen molar-refractivity contribution in [3.63, 3.8) is 0 Å². The smallest absolute Gasteiger partial charge is 0.238 e. The first-order valence-corrected chi connectivity index (χ1v) is 10.3. The van der Waals surface area contributed by atoms with Crippen LogP contribution in [0.1, 0.15) is 30.4 Å². The van der Waals surface area contributed by atoms with Gasteiger partial charge < -0.3 is 5.32 Å². The Kier molecular flexibility index (Phi) is 5.90. The summed E-state index contributed by atoms with van der Waals surface area (Å²) >= 11 is 0. The van der Waals surface area contributed by atoms with Gasteiger partial charge in [-0.3, -0.25) is 24.4 Å². The number of benzene rings is 1. The summed E-state index contributed by atoms with van der Waals surface area (Å²) < 4.78 is 1.68. The second-order valence-electron chi connectivity index (χ2n) is 8.21. The molecule has 2 aromatic heterocycles. The van der Waals surface area contributed by atoms with E-state index in [1.807, 2.05) is 25.5 Å². The summed E-state index contributed by atoms with van der Waals surface area (Å²) in [6, 6.07) is 8.45. The largest absolute Gasteiger partial charge is 0.322 e. The number of pyridine rings is 1. The number of hydrogen-bond donors (Lipinski definition) is 1. The Balaban J connectivity index is 1.53. The Bertz CT molecular complexity index is 1070. The average molecular weight is 405 g/mol. The number of piperidine rings is 1. The van der Waals surface area contributed by atoms with Crippen LogP contribution in [-0.4, -0.2) is 58.5 Å². The second-order valence-corrected chi connectivity index (χ2v) is 8.21. The van der Waals surface area contributed by atoms with Crippen molar-refractivity contribution in [2.75, 3.05) is 32.0 Å². The zero-order chi connectivity index (χ0) is 21.1. The molecule has 4 rings (SSSR count). The van der Waals surface area contributed by atoms with Gasteiger partial charge in [-0.05, 0) is 29.9 Å². The van der Waals surface area contributed by atoms with Crippen LogP contribution in [0.3, 0.4) is 0 Å². The minimum atomic E-state index is -0.00289. The SMILES string of the molecule is CN=Cc1ccc([C@H]2C[C@@H](C)CN(CC(=O)Nc3cnn(C)c3)C2)c2cccnc12. The van der Waals surface area contributed by atoms with Crippen LogP contribution in [-0.2, 0) is 11.8 Å². The van der Waals surface area contributed by atoms with Crippen LogP contribution < -0.4 is 5.32 Å². The van der Waals surface area contributed by atoms with Crippen molar-refractivity contribution in [1.29, 1.82) is 0 Å². The highest BCUT2D eigenvalue weighted by Crippen LogP contribution is 2.34. The lowest BCUT2D eigenvalue weighted by Crippen LogP contribution is -2.42. The highest BCUT2D eigenvalue weighted by molar-refractivity contribution is 5.99. The number of rotatable bonds is 5. The van der Waals surface area contributed by atoms with E-state index in [0.717, 1.165) is 36.3 Å². The molecule has 0 spiro atoms. The molecule has 1 fully saturated rings. The predicted octanol–water partition coefficient (Wildman–Crippen LogP) is 3.08. The lowest BCUT2D eigenvalue weighted by molar-refractivity contribution is -0.117. The summed E-state index contributed by atoms with van der Waals surface area (Å²) in [4.78, 5) is 23.6. The third-order valence-electron chi connectivity index (χ3n) is 5.63. The number of nitrogens with one attached hydrogen (secondary N) is 1. The predicted molar refractivity (Wildman–Crippen MR) is 120 cm³/mol. The lowest BCUT2D eigenvalue weighted by Gasteiger charge is -2.36. The van der Waals surface area contributed by atoms with E-state index >= 15 is 0 Å². The molecular formula is C23H28N6O. The number of anilines is 1. The molecule has 7 heteroatoms. The molecule has 0 unspecified atom stereocenters. The van der Waals surface area contributed by atoms with Gasteiger partial charge in [-0.15, -0.1) is 0 Å². The summed E-state index contributed by atoms with van der Waals surface area (Å²) in [7, 11) is 3.61. The van der Waals surface area contributed by atoms with E-state index in [-0.39, 0.29) is 5.91 Å². The minimum Gasteiger partial charge on any atom is -0.322 e. The van der Waals surface area contributed by atoms with Crippen molar-refractivity contribution in [3.8, 4) is 0 Å². The van der Waals surface area contributed by atoms with Crippen molar-refractivity contribution in [2.24, 2.45) is 18.0 Å². The number of aryl methyl sites for hydroxylation is 1. The first kappa shape index (κ1) is 20.2. The Hall–Kier alpha value is -3.06. The van der Waals surface area contributed by atoms with Gasteiger partial charge in [0.2, 0.25) is 5.91 Å². The number of fused-ring (bicyclic) bond motifs is 1. The van der Waals surface area contributed by atoms with Crippen LogP contribution >= 0.6 is 0 Å². The van der Waals surface area contributed by atoms with E-state index < -0.39 is 0 Å². The number of amides is 1. The molecule has 0 bridgehead atoms. The Labute approximate surface area is 176 Å². The molecule has 1 N–H and O–H groups in total. The van der Waals surface area contributed by atoms with Crippen molar-refractivity contribution in [2.45, 2.75) is 19.3 Å². The molecule has 1 aliphatic heterocycles. The third kappa shape index (κ3) is 4.41. The molecule has 7 nitrogen and oxygen atoms in total. The summed E-state index contributed by atoms with van der Waals surface area (Å²) in [5.74, 6) is 0.870. The van der Waals surface area contributed by atoms with Crippen molar-refractivity contribution < 1.29 is 4.79 Å². The maximum absolute atomic E-state index is 12.6. The van der Waals surface area contributed by atoms with E-state index in [1.54, 1.807) is 24.1 Å². The molecular weight excluding hydrogens is 376 g/mol. The van der Waals surface area contributed by atoms with E-state index in [2.05, 4.69) is 50.4 Å². The zero-order valence-electron chi connectivity index (χ0n) is 17.7. The first-order chi connectivity index (χ1) is 14.5. The molecule has 0 saturated carbocycles. The van der Waals surface area contributed by atoms with Crippen molar-refractivity contribution >= 4 is 28.7 Å². The van der Waals surface area contributed by atoms with Gasteiger partial charge >= 0.3 is 0 Å². The van der Waals surface area contributed by atoms with E-state index in [4.69, 9.17) is 0 Å². The van der Waals surface area contributed by atoms with Crippen molar-refractivity contribution in [3.05, 3.63) is 54.0 Å². The first-order valence-electron chi connectivity index (χ1n) is 10.3. The van der Waals surface area contributed by atoms with E-state index in [9.17, 15) is 4.79 Å². The Morgan fingerprint density at radius 2 is 2.20 bits per heavy atom. The molecule has 1 saturated heterocycles. The minimum absolute atomic E-state index is 0.00289. The summed E-state index contributed by atoms with van der Waals surface area (Å²) in [6.07, 6.45) is 8.26. The van der Waals surface area contributed by atoms with E-state index in [0.29, 0.717) is 18.4 Å². The molecule has 30 heavy (non-hydrogen) atoms. The third-order valence-corrected chi connectivity index (χ3v) is 5.63. The molecule has 3 heterocycles. The number of carbonyl (C=O) groups excluding carboxylic acids is 1. The fourth-order valence-corrected chi connectivity index (χ4v) is 4.52. The molecule has 1 aromatic carbocycles. The fraction of sp³-hybridized carbons (Fsp3) is 0.391. The monoisotopic (exact) mass is 404 g/mol. The van der Waals surface area contributed by atoms with Crippen LogP contribution in [0.2, 0.25) is 0 Å². The molecule has 156 valence electrons. The number of likely N-dealkylation sites (tertiary alicyclic amines) is 1. The fourth-order valence-electron chi connectivity index (χ4n) is 4.52. The number of aromatic nitrogens is 3. The van der Waals surface area contributed by atoms with Crippen molar-refractivity contribution in [1.82, 2.24) is 19.7 Å². The summed E-state index contributed by atoms with van der Waals surface area (Å²) in [5, 5.41) is 8.22. The quantitative estimate of drug-likeness (QED) is 0.663. The van der Waals surface area contributed by atoms with Gasteiger partial charge in [0.1, 0.15) is 0 Å². The maximum Gasteiger partial charge on any atom is 0.238 e. The molecule has 1 aliphatic rings. The second kappa shape index (κ2) is 8.75. The molecule has 0 aliphatic carbocycles. The topological polar surface area (TPSA) is 75.4 Å². The molecule has 0 radical (unpaired) electrons. The lowest BCUT2D eigenvalue weighted by atomic mass is 9.83. The Morgan fingerprint density at radius 1 is 1.33 bits per heavy atom. The number of hydrogen-bond acceptors (Lipinski definition) is 5. The summed E-state index contributed by atoms with van der Waals surface area (Å²) in [5.41, 5.74) is 4.05. The highest BCUT2D eigenvalue weighted by atomic mass is 16.2. The average Bonchev–Trinajstić information content (AvgIpc) is 3.12. The maximum atomic E-state index is 12.6. The van der Waals surface area contributed by atoms with Gasteiger partial charge in [0.15, 0.2) is 0 Å². The van der Waals surface area contributed by atoms with Gasteiger partial charge in [0.25, 0.3) is 0 Å². The van der Waals surface area contributed by atoms with Crippen LogP contribution in [0.4, 0.5) is 5.69 Å². The molecule has 3 aromatic rings. The number of nitrogens with zero attached hydrogens (tertiary/aromatic N) is 5. The summed E-state index contributed by atoms with van der Waals surface area (Å²) in [6.45, 7) is 4.42. The standard InChI is InChI=1S/C23H28N6O/c1-16-9-18(13-29(12-16)15-22(30)27-19-11-26-28(3)14-19)20-7-6-17(10-24-2)23-21(20)5-4-8-25-23/h4-8,10-11,14,16,18H,9,12-13,15H2,1-3H3,(H,27,30)/t16-,18+/m1/s1. The number of carbonyl (C=O) groups is 1. The zero-order valence-corrected chi connectivity index (χ0v) is 17.7.